The fourth-order valence-corrected chi connectivity index (χ4v) is 2.76. The van der Waals surface area contributed by atoms with Crippen LogP contribution in [0.4, 0.5) is 0 Å². The van der Waals surface area contributed by atoms with Crippen LogP contribution in [0, 0.1) is 0 Å². The highest BCUT2D eigenvalue weighted by molar-refractivity contribution is 5.98. The number of aromatic nitrogens is 3. The summed E-state index contributed by atoms with van der Waals surface area (Å²) in [7, 11) is 0. The van der Waals surface area contributed by atoms with Crippen molar-refractivity contribution >= 4 is 16.8 Å². The van der Waals surface area contributed by atoms with Gasteiger partial charge in [-0.25, -0.2) is 0 Å². The molecule has 0 radical (unpaired) electrons. The van der Waals surface area contributed by atoms with Gasteiger partial charge in [0.15, 0.2) is 0 Å². The van der Waals surface area contributed by atoms with Gasteiger partial charge in [-0.1, -0.05) is 6.07 Å². The Hall–Kier alpha value is -3.28. The van der Waals surface area contributed by atoms with Crippen LogP contribution < -0.4 is 5.73 Å². The third kappa shape index (κ3) is 2.30. The molecule has 0 aliphatic heterocycles. The number of benzene rings is 1. The van der Waals surface area contributed by atoms with E-state index in [4.69, 9.17) is 10.2 Å². The first-order valence-electron chi connectivity index (χ1n) is 7.17. The zero-order chi connectivity index (χ0) is 15.8. The van der Waals surface area contributed by atoms with Gasteiger partial charge in [-0.05, 0) is 36.4 Å². The normalized spacial score (nSPS) is 11.1. The number of carbonyl (C=O) groups is 1. The molecule has 6 heteroatoms. The number of hydrogen-bond donors (Lipinski definition) is 2. The summed E-state index contributed by atoms with van der Waals surface area (Å²) in [5.74, 6) is 0.383. The van der Waals surface area contributed by atoms with Gasteiger partial charge in [-0.2, -0.15) is 5.10 Å². The monoisotopic (exact) mass is 306 g/mol. The van der Waals surface area contributed by atoms with Crippen LogP contribution in [0.3, 0.4) is 0 Å². The molecule has 6 nitrogen and oxygen atoms in total. The van der Waals surface area contributed by atoms with Crippen molar-refractivity contribution in [3.05, 3.63) is 66.2 Å². The molecule has 4 aromatic rings. The summed E-state index contributed by atoms with van der Waals surface area (Å²) in [4.78, 5) is 11.5. The maximum absolute atomic E-state index is 11.5. The third-order valence-electron chi connectivity index (χ3n) is 3.86. The SMILES string of the molecule is NC(=O)c1ccc2cc(-c3ccn[nH]3)n(Cc3ccco3)c2c1. The molecule has 1 aromatic carbocycles. The Bertz CT molecular complexity index is 966. The van der Waals surface area contributed by atoms with Crippen molar-refractivity contribution in [3.63, 3.8) is 0 Å². The summed E-state index contributed by atoms with van der Waals surface area (Å²) < 4.78 is 7.54. The number of primary amides is 1. The van der Waals surface area contributed by atoms with E-state index in [9.17, 15) is 4.79 Å². The number of nitrogens with two attached hydrogens (primary N) is 1. The van der Waals surface area contributed by atoms with E-state index in [1.54, 1.807) is 24.6 Å². The van der Waals surface area contributed by atoms with Gasteiger partial charge < -0.3 is 14.7 Å². The number of H-pyrrole nitrogens is 1. The maximum Gasteiger partial charge on any atom is 0.248 e. The number of amides is 1. The topological polar surface area (TPSA) is 89.8 Å². The number of carbonyl (C=O) groups excluding carboxylic acids is 1. The van der Waals surface area contributed by atoms with Crippen molar-refractivity contribution in [2.45, 2.75) is 6.54 Å². The fraction of sp³-hybridized carbons (Fsp3) is 0.0588. The van der Waals surface area contributed by atoms with Crippen LogP contribution in [-0.4, -0.2) is 20.7 Å². The average Bonchev–Trinajstić information content (AvgIpc) is 3.28. The third-order valence-corrected chi connectivity index (χ3v) is 3.86. The highest BCUT2D eigenvalue weighted by Crippen LogP contribution is 2.28. The van der Waals surface area contributed by atoms with Crippen molar-refractivity contribution in [1.29, 1.82) is 0 Å². The van der Waals surface area contributed by atoms with Gasteiger partial charge in [-0.3, -0.25) is 9.89 Å². The molecule has 3 N–H and O–H groups in total. The van der Waals surface area contributed by atoms with Crippen LogP contribution in [0.25, 0.3) is 22.3 Å². The molecular formula is C17H14N4O2. The number of fused-ring (bicyclic) bond motifs is 1. The van der Waals surface area contributed by atoms with Gasteiger partial charge in [0.1, 0.15) is 5.76 Å². The van der Waals surface area contributed by atoms with Crippen LogP contribution in [0.2, 0.25) is 0 Å². The minimum atomic E-state index is -0.444. The molecule has 0 unspecified atom stereocenters. The Morgan fingerprint density at radius 2 is 2.17 bits per heavy atom. The summed E-state index contributed by atoms with van der Waals surface area (Å²) in [6.45, 7) is 0.549. The lowest BCUT2D eigenvalue weighted by Crippen LogP contribution is -2.11. The standard InChI is InChI=1S/C17H14N4O2/c18-17(22)12-4-3-11-8-16(14-5-6-19-20-14)21(15(11)9-12)10-13-2-1-7-23-13/h1-9H,10H2,(H2,18,22)(H,19,20). The van der Waals surface area contributed by atoms with Crippen molar-refractivity contribution in [1.82, 2.24) is 14.8 Å². The lowest BCUT2D eigenvalue weighted by molar-refractivity contribution is 0.100. The molecule has 0 saturated heterocycles. The van der Waals surface area contributed by atoms with E-state index in [0.717, 1.165) is 28.1 Å². The van der Waals surface area contributed by atoms with Crippen LogP contribution in [-0.2, 0) is 6.54 Å². The first-order chi connectivity index (χ1) is 11.2. The largest absolute Gasteiger partial charge is 0.467 e. The molecule has 0 aliphatic carbocycles. The van der Waals surface area contributed by atoms with Crippen molar-refractivity contribution < 1.29 is 9.21 Å². The highest BCUT2D eigenvalue weighted by Gasteiger charge is 2.14. The summed E-state index contributed by atoms with van der Waals surface area (Å²) in [6.07, 6.45) is 3.35. The minimum absolute atomic E-state index is 0.444. The van der Waals surface area contributed by atoms with E-state index in [2.05, 4.69) is 20.8 Å². The molecule has 0 fully saturated rings. The van der Waals surface area contributed by atoms with E-state index >= 15 is 0 Å². The second-order valence-corrected chi connectivity index (χ2v) is 5.30. The van der Waals surface area contributed by atoms with Crippen LogP contribution in [0.15, 0.2) is 59.3 Å². The summed E-state index contributed by atoms with van der Waals surface area (Å²) in [5.41, 5.74) is 8.67. The molecule has 0 spiro atoms. The second kappa shape index (κ2) is 5.17. The van der Waals surface area contributed by atoms with E-state index in [1.807, 2.05) is 24.3 Å². The number of rotatable bonds is 4. The van der Waals surface area contributed by atoms with Gasteiger partial charge in [0, 0.05) is 22.7 Å². The molecule has 114 valence electrons. The summed E-state index contributed by atoms with van der Waals surface area (Å²) >= 11 is 0. The molecule has 23 heavy (non-hydrogen) atoms. The average molecular weight is 306 g/mol. The lowest BCUT2D eigenvalue weighted by atomic mass is 10.1. The predicted octanol–water partition coefficient (Wildman–Crippen LogP) is 2.77. The Balaban J connectivity index is 1.95. The molecule has 3 heterocycles. The number of furan rings is 1. The Kier molecular flexibility index (Phi) is 3.01. The van der Waals surface area contributed by atoms with Gasteiger partial charge in [0.2, 0.25) is 5.91 Å². The minimum Gasteiger partial charge on any atom is -0.467 e. The lowest BCUT2D eigenvalue weighted by Gasteiger charge is -2.08. The zero-order valence-corrected chi connectivity index (χ0v) is 12.2. The molecule has 3 aromatic heterocycles. The Morgan fingerprint density at radius 1 is 1.26 bits per heavy atom. The van der Waals surface area contributed by atoms with Crippen LogP contribution in [0.5, 0.6) is 0 Å². The van der Waals surface area contributed by atoms with Crippen LogP contribution >= 0.6 is 0 Å². The molecule has 0 aliphatic rings. The van der Waals surface area contributed by atoms with E-state index in [0.29, 0.717) is 12.1 Å². The highest BCUT2D eigenvalue weighted by atomic mass is 16.3. The van der Waals surface area contributed by atoms with E-state index in [1.165, 1.54) is 0 Å². The summed E-state index contributed by atoms with van der Waals surface area (Å²) in [6, 6.07) is 13.2. The maximum atomic E-state index is 11.5. The smallest absolute Gasteiger partial charge is 0.248 e. The Morgan fingerprint density at radius 3 is 2.87 bits per heavy atom. The van der Waals surface area contributed by atoms with Gasteiger partial charge >= 0.3 is 0 Å². The van der Waals surface area contributed by atoms with Crippen molar-refractivity contribution in [3.8, 4) is 11.4 Å². The molecular weight excluding hydrogens is 292 g/mol. The second-order valence-electron chi connectivity index (χ2n) is 5.30. The van der Waals surface area contributed by atoms with E-state index < -0.39 is 5.91 Å². The molecule has 4 rings (SSSR count). The van der Waals surface area contributed by atoms with Gasteiger partial charge in [-0.15, -0.1) is 0 Å². The zero-order valence-electron chi connectivity index (χ0n) is 12.2. The first-order valence-corrected chi connectivity index (χ1v) is 7.17. The van der Waals surface area contributed by atoms with Gasteiger partial charge in [0.05, 0.1) is 24.2 Å². The summed E-state index contributed by atoms with van der Waals surface area (Å²) in [5, 5.41) is 8.02. The molecule has 0 atom stereocenters. The number of nitrogens with zero attached hydrogens (tertiary/aromatic N) is 2. The number of aromatic amines is 1. The quantitative estimate of drug-likeness (QED) is 0.607. The number of nitrogens with one attached hydrogen (secondary N) is 1. The van der Waals surface area contributed by atoms with Crippen molar-refractivity contribution in [2.75, 3.05) is 0 Å². The number of hydrogen-bond acceptors (Lipinski definition) is 3. The van der Waals surface area contributed by atoms with Gasteiger partial charge in [0.25, 0.3) is 0 Å². The fourth-order valence-electron chi connectivity index (χ4n) is 2.76. The molecule has 1 amide bonds. The first kappa shape index (κ1) is 13.4. The molecule has 0 bridgehead atoms. The van der Waals surface area contributed by atoms with Crippen LogP contribution in [0.1, 0.15) is 16.1 Å². The Labute approximate surface area is 131 Å². The van der Waals surface area contributed by atoms with E-state index in [-0.39, 0.29) is 0 Å². The molecule has 0 saturated carbocycles. The van der Waals surface area contributed by atoms with Crippen molar-refractivity contribution in [2.24, 2.45) is 5.73 Å². The predicted molar refractivity (Wildman–Crippen MR) is 85.8 cm³/mol.